The fourth-order valence-electron chi connectivity index (χ4n) is 7.38. The van der Waals surface area contributed by atoms with Gasteiger partial charge in [0.1, 0.15) is 17.1 Å². The fraction of sp³-hybridized carbons (Fsp3) is 0.106. The van der Waals surface area contributed by atoms with Crippen LogP contribution in [0.1, 0.15) is 22.8 Å². The van der Waals surface area contributed by atoms with Crippen molar-refractivity contribution in [3.63, 3.8) is 0 Å². The molecule has 55 heavy (non-hydrogen) atoms. The Hall–Kier alpha value is -5.88. The van der Waals surface area contributed by atoms with Crippen LogP contribution < -0.4 is 21.2 Å². The van der Waals surface area contributed by atoms with Crippen LogP contribution in [0.25, 0.3) is 0 Å². The highest BCUT2D eigenvalue weighted by Crippen LogP contribution is 2.48. The van der Waals surface area contributed by atoms with Crippen LogP contribution in [0.5, 0.6) is 0 Å². The van der Waals surface area contributed by atoms with Crippen LogP contribution in [0.2, 0.25) is 0 Å². The van der Waals surface area contributed by atoms with Crippen LogP contribution in [0.15, 0.2) is 193 Å². The maximum absolute atomic E-state index is 15.0. The van der Waals surface area contributed by atoms with Gasteiger partial charge in [-0.2, -0.15) is 0 Å². The summed E-state index contributed by atoms with van der Waals surface area (Å²) in [5, 5.41) is 5.86. The molecule has 2 heterocycles. The Balaban J connectivity index is 1.28. The molecule has 1 N–H and O–H groups in total. The Morgan fingerprint density at radius 2 is 1.11 bits per heavy atom. The first kappa shape index (κ1) is 36.1. The summed E-state index contributed by atoms with van der Waals surface area (Å²) in [5.41, 5.74) is 3.42. The first-order chi connectivity index (χ1) is 27.0. The molecule has 0 bridgehead atoms. The van der Waals surface area contributed by atoms with E-state index in [-0.39, 0.29) is 23.9 Å². The second-order valence-corrected chi connectivity index (χ2v) is 17.8. The summed E-state index contributed by atoms with van der Waals surface area (Å²) in [6.45, 7) is -2.58. The van der Waals surface area contributed by atoms with Gasteiger partial charge in [-0.15, -0.1) is 11.8 Å². The number of ether oxygens (including phenoxy) is 1. The fourth-order valence-corrected chi connectivity index (χ4v) is 12.8. The average Bonchev–Trinajstić information content (AvgIpc) is 3.25. The van der Waals surface area contributed by atoms with Crippen molar-refractivity contribution in [3.05, 3.63) is 210 Å². The van der Waals surface area contributed by atoms with Gasteiger partial charge in [0.05, 0.1) is 6.42 Å². The zero-order valence-corrected chi connectivity index (χ0v) is 31.7. The van der Waals surface area contributed by atoms with Gasteiger partial charge in [0.25, 0.3) is 5.91 Å². The lowest BCUT2D eigenvalue weighted by molar-refractivity contribution is -0.154. The summed E-state index contributed by atoms with van der Waals surface area (Å²) in [7, 11) is 0. The number of hydrogen-bond acceptors (Lipinski definition) is 5. The minimum Gasteiger partial charge on any atom is -0.448 e. The van der Waals surface area contributed by atoms with Gasteiger partial charge in [0.2, 0.25) is 5.91 Å². The highest BCUT2D eigenvalue weighted by molar-refractivity contribution is 8.00. The molecule has 272 valence electrons. The van der Waals surface area contributed by atoms with Crippen molar-refractivity contribution in [2.75, 3.05) is 5.75 Å². The molecule has 2 amide bonds. The van der Waals surface area contributed by atoms with Crippen molar-refractivity contribution in [1.29, 1.82) is 0 Å². The van der Waals surface area contributed by atoms with Gasteiger partial charge in [-0.1, -0.05) is 182 Å². The van der Waals surface area contributed by atoms with Gasteiger partial charge in [0.15, 0.2) is 6.10 Å². The van der Waals surface area contributed by atoms with Crippen LogP contribution in [0.3, 0.4) is 0 Å². The topological polar surface area (TPSA) is 75.7 Å². The molecule has 1 unspecified atom stereocenters. The van der Waals surface area contributed by atoms with E-state index in [9.17, 15) is 14.4 Å². The van der Waals surface area contributed by atoms with E-state index in [0.29, 0.717) is 5.75 Å². The van der Waals surface area contributed by atoms with Crippen LogP contribution in [0.4, 0.5) is 0 Å². The molecule has 2 atom stereocenters. The highest BCUT2D eigenvalue weighted by atomic mass is 32.2. The van der Waals surface area contributed by atoms with Gasteiger partial charge in [-0.25, -0.2) is 4.79 Å². The summed E-state index contributed by atoms with van der Waals surface area (Å²) in [5.74, 6) is 1.51. The molecule has 2 aliphatic rings. The number of β-lactam (4-membered cyclic amide) rings is 1. The minimum atomic E-state index is -2.58. The molecule has 8 rings (SSSR count). The second-order valence-electron chi connectivity index (χ2n) is 13.5. The summed E-state index contributed by atoms with van der Waals surface area (Å²) in [6.07, 6.45) is -0.564. The van der Waals surface area contributed by atoms with Crippen molar-refractivity contribution in [2.45, 2.75) is 23.9 Å². The lowest BCUT2D eigenvalue weighted by Crippen LogP contribution is -2.70. The number of carbonyl (C=O) groups is 3. The van der Waals surface area contributed by atoms with Gasteiger partial charge in [-0.05, 0) is 50.9 Å². The van der Waals surface area contributed by atoms with Crippen molar-refractivity contribution >= 4 is 58.1 Å². The van der Waals surface area contributed by atoms with Crippen LogP contribution in [0, 0.1) is 0 Å². The van der Waals surface area contributed by atoms with E-state index in [0.717, 1.165) is 38.2 Å². The number of rotatable bonds is 11. The highest BCUT2D eigenvalue weighted by Gasteiger charge is 2.54. The van der Waals surface area contributed by atoms with Gasteiger partial charge in [0, 0.05) is 5.75 Å². The molecule has 2 aliphatic heterocycles. The van der Waals surface area contributed by atoms with Crippen LogP contribution in [-0.4, -0.2) is 45.6 Å². The zero-order chi connectivity index (χ0) is 37.6. The van der Waals surface area contributed by atoms with E-state index in [2.05, 4.69) is 47.5 Å². The van der Waals surface area contributed by atoms with E-state index >= 15 is 0 Å². The maximum Gasteiger partial charge on any atom is 0.356 e. The quantitative estimate of drug-likeness (QED) is 0.0875. The average molecular weight is 759 g/mol. The molecular weight excluding hydrogens is 720 g/mol. The Morgan fingerprint density at radius 1 is 0.673 bits per heavy atom. The van der Waals surface area contributed by atoms with E-state index in [1.165, 1.54) is 0 Å². The molecular formula is C47H39N2O4PS. The molecule has 0 aliphatic carbocycles. The summed E-state index contributed by atoms with van der Waals surface area (Å²) in [4.78, 5) is 44.1. The summed E-state index contributed by atoms with van der Waals surface area (Å²) < 4.78 is 6.53. The summed E-state index contributed by atoms with van der Waals surface area (Å²) >= 11 is 1.55. The monoisotopic (exact) mass is 758 g/mol. The summed E-state index contributed by atoms with van der Waals surface area (Å²) in [6, 6.07) is 59.2. The molecule has 1 saturated heterocycles. The van der Waals surface area contributed by atoms with Gasteiger partial charge < -0.3 is 10.1 Å². The smallest absolute Gasteiger partial charge is 0.356 e. The molecule has 6 aromatic rings. The van der Waals surface area contributed by atoms with E-state index in [1.54, 1.807) is 16.7 Å². The third-order valence-electron chi connectivity index (χ3n) is 9.98. The molecule has 0 spiro atoms. The number of nitrogens with zero attached hydrogens (tertiary/aromatic N) is 1. The number of fused-ring (bicyclic) bond motifs is 1. The standard InChI is InChI=1S/C47H39N2O4PS/c50-41(31-34-19-7-1-8-20-34)48-42-45(51)49-43(47(52)53-44(35-21-9-2-10-22-35)36-23-11-3-12-24-36)37(33-55-46(42)49)32-54(38-25-13-4-14-26-38,39-27-15-5-16-28-39)40-29-17-6-18-30-40/h1-30,32,42,44,46H,31,33H2,(H,48,50)/t42?,46-/m0/s1. The number of esters is 1. The molecule has 6 nitrogen and oxygen atoms in total. The first-order valence-electron chi connectivity index (χ1n) is 18.3. The predicted molar refractivity (Wildman–Crippen MR) is 224 cm³/mol. The molecule has 1 fully saturated rings. The number of hydrogen-bond donors (Lipinski definition) is 1. The van der Waals surface area contributed by atoms with Crippen molar-refractivity contribution < 1.29 is 19.1 Å². The Labute approximate surface area is 325 Å². The lowest BCUT2D eigenvalue weighted by Gasteiger charge is -2.50. The van der Waals surface area contributed by atoms with E-state index < -0.39 is 30.4 Å². The van der Waals surface area contributed by atoms with Crippen LogP contribution >= 0.6 is 18.6 Å². The zero-order valence-electron chi connectivity index (χ0n) is 30.0. The number of carbonyl (C=O) groups excluding carboxylic acids is 3. The van der Waals surface area contributed by atoms with Crippen LogP contribution in [-0.2, 0) is 25.5 Å². The molecule has 0 radical (unpaired) electrons. The maximum atomic E-state index is 15.0. The SMILES string of the molecule is O=C(Cc1ccccc1)NC1C(=O)N2C(C(=O)OC(c3ccccc3)c3ccccc3)=C(C=P(c3ccccc3)(c3ccccc3)c3ccccc3)CS[C@@H]12. The number of thioether (sulfide) groups is 1. The van der Waals surface area contributed by atoms with E-state index in [1.807, 2.05) is 146 Å². The Morgan fingerprint density at radius 3 is 1.58 bits per heavy atom. The Kier molecular flexibility index (Phi) is 10.7. The first-order valence-corrected chi connectivity index (χ1v) is 21.2. The minimum absolute atomic E-state index is 0.153. The van der Waals surface area contributed by atoms with Crippen molar-refractivity contribution in [2.24, 2.45) is 0 Å². The normalized spacial score (nSPS) is 16.5. The van der Waals surface area contributed by atoms with Gasteiger partial charge in [-0.3, -0.25) is 14.5 Å². The largest absolute Gasteiger partial charge is 0.448 e. The van der Waals surface area contributed by atoms with Crippen molar-refractivity contribution in [1.82, 2.24) is 10.2 Å². The number of benzene rings is 6. The molecule has 0 aromatic heterocycles. The van der Waals surface area contributed by atoms with Crippen molar-refractivity contribution in [3.8, 4) is 0 Å². The third-order valence-corrected chi connectivity index (χ3v) is 15.3. The molecule has 0 saturated carbocycles. The number of nitrogens with one attached hydrogen (secondary N) is 1. The molecule has 8 heteroatoms. The second kappa shape index (κ2) is 16.2. The van der Waals surface area contributed by atoms with E-state index in [4.69, 9.17) is 4.74 Å². The van der Waals surface area contributed by atoms with Gasteiger partial charge >= 0.3 is 5.97 Å². The lowest BCUT2D eigenvalue weighted by atomic mass is 10.0. The predicted octanol–water partition coefficient (Wildman–Crippen LogP) is 7.01. The third kappa shape index (κ3) is 7.34. The number of amides is 2. The Bertz CT molecular complexity index is 2230. The molecule has 6 aromatic carbocycles.